The molecule has 22 heavy (non-hydrogen) atoms. The van der Waals surface area contributed by atoms with Crippen LogP contribution in [-0.4, -0.2) is 33.3 Å². The highest BCUT2D eigenvalue weighted by atomic mass is 16.5. The fourth-order valence-electron chi connectivity index (χ4n) is 1.97. The van der Waals surface area contributed by atoms with E-state index >= 15 is 0 Å². The van der Waals surface area contributed by atoms with Gasteiger partial charge < -0.3 is 25.2 Å². The number of Topliss-reactive ketones (excluding diaryl/α,β-unsaturated/α-hetero) is 1. The zero-order valence-electron chi connectivity index (χ0n) is 11.6. The first-order valence-corrected chi connectivity index (χ1v) is 6.28. The monoisotopic (exact) mass is 302 g/mol. The number of carbonyl (C=O) groups excluding carboxylic acids is 1. The molecule has 0 radical (unpaired) electrons. The van der Waals surface area contributed by atoms with E-state index in [-0.39, 0.29) is 11.3 Å². The smallest absolute Gasteiger partial charge is 0.238 e. The molecule has 0 heterocycles. The minimum absolute atomic E-state index is 0.0115. The Morgan fingerprint density at radius 2 is 1.45 bits per heavy atom. The van der Waals surface area contributed by atoms with E-state index in [0.29, 0.717) is 0 Å². The standard InChI is InChI=1S/C16H14O6/c1-22-16(14(20)9-5-2-3-6-10(9)17)15(21)13-11(18)7-4-8-12(13)19/h2-8,17-20H,1H3/b16-14+. The molecule has 0 aliphatic heterocycles. The van der Waals surface area contributed by atoms with E-state index in [9.17, 15) is 25.2 Å². The van der Waals surface area contributed by atoms with Crippen molar-refractivity contribution in [3.8, 4) is 17.2 Å². The number of aromatic hydroxyl groups is 3. The van der Waals surface area contributed by atoms with Gasteiger partial charge in [0.2, 0.25) is 11.5 Å². The van der Waals surface area contributed by atoms with Gasteiger partial charge in [-0.2, -0.15) is 0 Å². The lowest BCUT2D eigenvalue weighted by molar-refractivity contribution is 0.0944. The molecular weight excluding hydrogens is 288 g/mol. The van der Waals surface area contributed by atoms with E-state index in [1.807, 2.05) is 0 Å². The lowest BCUT2D eigenvalue weighted by atomic mass is 10.0. The van der Waals surface area contributed by atoms with Crippen LogP contribution in [0.5, 0.6) is 17.2 Å². The number of carbonyl (C=O) groups is 1. The van der Waals surface area contributed by atoms with Crippen molar-refractivity contribution in [3.05, 3.63) is 59.4 Å². The average molecular weight is 302 g/mol. The molecule has 0 unspecified atom stereocenters. The molecule has 4 N–H and O–H groups in total. The van der Waals surface area contributed by atoms with Crippen molar-refractivity contribution in [1.29, 1.82) is 0 Å². The minimum Gasteiger partial charge on any atom is -0.507 e. The molecule has 2 rings (SSSR count). The number of benzene rings is 2. The highest BCUT2D eigenvalue weighted by Gasteiger charge is 2.25. The maximum absolute atomic E-state index is 12.4. The Labute approximate surface area is 126 Å². The summed E-state index contributed by atoms with van der Waals surface area (Å²) in [6.45, 7) is 0. The van der Waals surface area contributed by atoms with Gasteiger partial charge in [-0.05, 0) is 24.3 Å². The molecule has 6 nitrogen and oxygen atoms in total. The van der Waals surface area contributed by atoms with Gasteiger partial charge >= 0.3 is 0 Å². The minimum atomic E-state index is -0.918. The number of aliphatic hydroxyl groups is 1. The molecule has 0 aliphatic carbocycles. The van der Waals surface area contributed by atoms with Crippen LogP contribution in [0.4, 0.5) is 0 Å². The van der Waals surface area contributed by atoms with Crippen molar-refractivity contribution in [2.75, 3.05) is 7.11 Å². The summed E-state index contributed by atoms with van der Waals surface area (Å²) in [5.74, 6) is -3.19. The molecule has 0 aliphatic rings. The summed E-state index contributed by atoms with van der Waals surface area (Å²) < 4.78 is 4.89. The highest BCUT2D eigenvalue weighted by molar-refractivity contribution is 6.14. The second-order valence-electron chi connectivity index (χ2n) is 4.40. The molecule has 2 aromatic rings. The largest absolute Gasteiger partial charge is 0.507 e. The van der Waals surface area contributed by atoms with Crippen LogP contribution < -0.4 is 0 Å². The second kappa shape index (κ2) is 6.09. The van der Waals surface area contributed by atoms with Gasteiger partial charge in [-0.1, -0.05) is 18.2 Å². The number of phenols is 3. The average Bonchev–Trinajstić information content (AvgIpc) is 2.48. The lowest BCUT2D eigenvalue weighted by Gasteiger charge is -2.11. The van der Waals surface area contributed by atoms with Gasteiger partial charge in [0, 0.05) is 0 Å². The van der Waals surface area contributed by atoms with Crippen LogP contribution >= 0.6 is 0 Å². The summed E-state index contributed by atoms with van der Waals surface area (Å²) in [4.78, 5) is 12.4. The Morgan fingerprint density at radius 1 is 0.909 bits per heavy atom. The number of rotatable bonds is 4. The predicted molar refractivity (Wildman–Crippen MR) is 78.8 cm³/mol. The summed E-state index contributed by atoms with van der Waals surface area (Å²) in [5, 5.41) is 39.4. The van der Waals surface area contributed by atoms with Crippen LogP contribution in [0.1, 0.15) is 15.9 Å². The molecule has 0 amide bonds. The quantitative estimate of drug-likeness (QED) is 0.393. The zero-order chi connectivity index (χ0) is 16.3. The zero-order valence-corrected chi connectivity index (χ0v) is 11.6. The molecule has 0 bridgehead atoms. The second-order valence-corrected chi connectivity index (χ2v) is 4.40. The van der Waals surface area contributed by atoms with Gasteiger partial charge in [-0.25, -0.2) is 0 Å². The van der Waals surface area contributed by atoms with Crippen LogP contribution in [0.25, 0.3) is 5.76 Å². The van der Waals surface area contributed by atoms with E-state index in [2.05, 4.69) is 0 Å². The van der Waals surface area contributed by atoms with Crippen LogP contribution in [0.15, 0.2) is 48.2 Å². The van der Waals surface area contributed by atoms with Gasteiger partial charge in [0.1, 0.15) is 22.8 Å². The maximum atomic E-state index is 12.4. The number of para-hydroxylation sites is 1. The number of aliphatic hydroxyl groups excluding tert-OH is 1. The Kier molecular flexibility index (Phi) is 4.22. The first kappa shape index (κ1) is 15.2. The van der Waals surface area contributed by atoms with Crippen molar-refractivity contribution < 1.29 is 30.0 Å². The van der Waals surface area contributed by atoms with Crippen molar-refractivity contribution in [1.82, 2.24) is 0 Å². The number of methoxy groups -OCH3 is 1. The Bertz CT molecular complexity index is 728. The Morgan fingerprint density at radius 3 is 2.00 bits per heavy atom. The van der Waals surface area contributed by atoms with E-state index < -0.39 is 34.4 Å². The van der Waals surface area contributed by atoms with Crippen molar-refractivity contribution in [2.24, 2.45) is 0 Å². The summed E-state index contributed by atoms with van der Waals surface area (Å²) in [6, 6.07) is 9.63. The topological polar surface area (TPSA) is 107 Å². The van der Waals surface area contributed by atoms with E-state index in [1.165, 1.54) is 30.3 Å². The molecule has 0 saturated heterocycles. The van der Waals surface area contributed by atoms with Gasteiger partial charge in [-0.3, -0.25) is 4.79 Å². The molecule has 0 spiro atoms. The number of ether oxygens (including phenoxy) is 1. The lowest BCUT2D eigenvalue weighted by Crippen LogP contribution is -2.09. The Balaban J connectivity index is 2.59. The highest BCUT2D eigenvalue weighted by Crippen LogP contribution is 2.32. The predicted octanol–water partition coefficient (Wildman–Crippen LogP) is 2.56. The first-order chi connectivity index (χ1) is 10.5. The molecule has 0 saturated carbocycles. The van der Waals surface area contributed by atoms with Crippen molar-refractivity contribution in [2.45, 2.75) is 0 Å². The van der Waals surface area contributed by atoms with E-state index in [0.717, 1.165) is 7.11 Å². The number of phenolic OH excluding ortho intramolecular Hbond substituents is 3. The summed E-state index contributed by atoms with van der Waals surface area (Å²) in [7, 11) is 1.15. The summed E-state index contributed by atoms with van der Waals surface area (Å²) in [5.41, 5.74) is -0.413. The molecule has 0 aromatic heterocycles. The summed E-state index contributed by atoms with van der Waals surface area (Å²) >= 11 is 0. The van der Waals surface area contributed by atoms with Crippen molar-refractivity contribution in [3.63, 3.8) is 0 Å². The maximum Gasteiger partial charge on any atom is 0.238 e. The van der Waals surface area contributed by atoms with Gasteiger partial charge in [-0.15, -0.1) is 0 Å². The van der Waals surface area contributed by atoms with Crippen LogP contribution in [-0.2, 0) is 4.74 Å². The molecule has 6 heteroatoms. The SMILES string of the molecule is CO/C(C(=O)c1c(O)cccc1O)=C(/O)c1ccccc1O. The number of hydrogen-bond donors (Lipinski definition) is 4. The number of ketones is 1. The Hall–Kier alpha value is -3.15. The van der Waals surface area contributed by atoms with E-state index in [1.54, 1.807) is 12.1 Å². The number of hydrogen-bond acceptors (Lipinski definition) is 6. The fourth-order valence-corrected chi connectivity index (χ4v) is 1.97. The third-order valence-electron chi connectivity index (χ3n) is 3.03. The van der Waals surface area contributed by atoms with Gasteiger partial charge in [0.15, 0.2) is 5.76 Å². The fraction of sp³-hybridized carbons (Fsp3) is 0.0625. The van der Waals surface area contributed by atoms with Crippen LogP contribution in [0.3, 0.4) is 0 Å². The molecular formula is C16H14O6. The molecule has 0 atom stereocenters. The molecule has 114 valence electrons. The first-order valence-electron chi connectivity index (χ1n) is 6.28. The van der Waals surface area contributed by atoms with Gasteiger partial charge in [0.25, 0.3) is 0 Å². The van der Waals surface area contributed by atoms with Crippen molar-refractivity contribution >= 4 is 11.5 Å². The van der Waals surface area contributed by atoms with Crippen LogP contribution in [0.2, 0.25) is 0 Å². The molecule has 0 fully saturated rings. The number of allylic oxidation sites excluding steroid dienone is 1. The third kappa shape index (κ3) is 2.67. The normalized spacial score (nSPS) is 11.7. The molecule has 2 aromatic carbocycles. The third-order valence-corrected chi connectivity index (χ3v) is 3.03. The van der Waals surface area contributed by atoms with Gasteiger partial charge in [0.05, 0.1) is 12.7 Å². The van der Waals surface area contributed by atoms with E-state index in [4.69, 9.17) is 4.74 Å². The summed E-state index contributed by atoms with van der Waals surface area (Å²) in [6.07, 6.45) is 0. The van der Waals surface area contributed by atoms with Crippen LogP contribution in [0, 0.1) is 0 Å².